The molecule has 120 valence electrons. The Balaban J connectivity index is 1.90. The lowest BCUT2D eigenvalue weighted by atomic mass is 10.1. The molecule has 23 heavy (non-hydrogen) atoms. The van der Waals surface area contributed by atoms with Crippen molar-refractivity contribution in [2.45, 2.75) is 20.8 Å². The Hall–Kier alpha value is -2.33. The third-order valence-electron chi connectivity index (χ3n) is 3.47. The molecular weight excluding hydrogens is 312 g/mol. The Morgan fingerprint density at radius 2 is 1.96 bits per heavy atom. The molecule has 1 amide bonds. The normalized spacial score (nSPS) is 10.8. The molecule has 0 fully saturated rings. The summed E-state index contributed by atoms with van der Waals surface area (Å²) in [5.74, 6) is 0.433. The molecule has 0 saturated carbocycles. The van der Waals surface area contributed by atoms with Crippen LogP contribution in [0.3, 0.4) is 0 Å². The smallest absolute Gasteiger partial charge is 0.277 e. The largest absolute Gasteiger partial charge is 0.483 e. The number of halogens is 1. The minimum absolute atomic E-state index is 0.0853. The highest BCUT2D eigenvalue weighted by Gasteiger charge is 2.08. The Morgan fingerprint density at radius 1 is 1.22 bits per heavy atom. The van der Waals surface area contributed by atoms with Gasteiger partial charge < -0.3 is 4.74 Å². The first kappa shape index (κ1) is 17.0. The first-order valence-corrected chi connectivity index (χ1v) is 7.62. The average molecular weight is 331 g/mol. The van der Waals surface area contributed by atoms with Crippen molar-refractivity contribution in [2.75, 3.05) is 6.61 Å². The Labute approximate surface area is 141 Å². The number of ether oxygens (including phenoxy) is 1. The first-order chi connectivity index (χ1) is 11.0. The molecule has 0 bridgehead atoms. The van der Waals surface area contributed by atoms with Crippen molar-refractivity contribution in [3.8, 4) is 5.75 Å². The van der Waals surface area contributed by atoms with Gasteiger partial charge in [-0.25, -0.2) is 5.43 Å². The van der Waals surface area contributed by atoms with E-state index in [0.29, 0.717) is 5.02 Å². The minimum Gasteiger partial charge on any atom is -0.483 e. The van der Waals surface area contributed by atoms with E-state index >= 15 is 0 Å². The zero-order valence-corrected chi connectivity index (χ0v) is 14.1. The van der Waals surface area contributed by atoms with Crippen LogP contribution in [0.1, 0.15) is 22.3 Å². The third kappa shape index (κ3) is 4.83. The average Bonchev–Trinajstić information content (AvgIpc) is 2.51. The summed E-state index contributed by atoms with van der Waals surface area (Å²) in [7, 11) is 0. The fourth-order valence-electron chi connectivity index (χ4n) is 2.08. The van der Waals surface area contributed by atoms with Gasteiger partial charge in [-0.15, -0.1) is 0 Å². The minimum atomic E-state index is -0.316. The van der Waals surface area contributed by atoms with Crippen LogP contribution in [0, 0.1) is 20.8 Å². The van der Waals surface area contributed by atoms with Gasteiger partial charge in [-0.2, -0.15) is 5.10 Å². The number of nitrogens with zero attached hydrogens (tertiary/aromatic N) is 1. The second kappa shape index (κ2) is 7.79. The number of nitrogens with one attached hydrogen (secondary N) is 1. The van der Waals surface area contributed by atoms with E-state index in [4.69, 9.17) is 16.3 Å². The summed E-state index contributed by atoms with van der Waals surface area (Å²) >= 11 is 5.88. The zero-order chi connectivity index (χ0) is 16.8. The first-order valence-electron chi connectivity index (χ1n) is 7.24. The predicted octanol–water partition coefficient (Wildman–Crippen LogP) is 3.79. The predicted molar refractivity (Wildman–Crippen MR) is 93.3 cm³/mol. The van der Waals surface area contributed by atoms with Crippen LogP contribution in [0.4, 0.5) is 0 Å². The lowest BCUT2D eigenvalue weighted by Gasteiger charge is -2.13. The highest BCUT2D eigenvalue weighted by Crippen LogP contribution is 2.25. The maximum absolute atomic E-state index is 11.8. The molecule has 0 saturated heterocycles. The van der Waals surface area contributed by atoms with E-state index in [2.05, 4.69) is 10.5 Å². The van der Waals surface area contributed by atoms with Gasteiger partial charge in [-0.05, 0) is 55.2 Å². The van der Waals surface area contributed by atoms with Crippen molar-refractivity contribution >= 4 is 23.7 Å². The fraction of sp³-hybridized carbons (Fsp3) is 0.222. The third-order valence-corrected chi connectivity index (χ3v) is 3.71. The Bertz CT molecular complexity index is 742. The monoisotopic (exact) mass is 330 g/mol. The molecule has 1 N–H and O–H groups in total. The number of hydrogen-bond acceptors (Lipinski definition) is 3. The van der Waals surface area contributed by atoms with E-state index in [1.54, 1.807) is 12.1 Å². The molecule has 0 unspecified atom stereocenters. The maximum atomic E-state index is 11.8. The molecular formula is C18H19ClN2O2. The summed E-state index contributed by atoms with van der Waals surface area (Å²) < 4.78 is 5.63. The molecule has 4 nitrogen and oxygen atoms in total. The van der Waals surface area contributed by atoms with Crippen molar-refractivity contribution in [1.29, 1.82) is 0 Å². The molecule has 0 aliphatic heterocycles. The molecule has 0 heterocycles. The highest BCUT2D eigenvalue weighted by molar-refractivity contribution is 6.30. The van der Waals surface area contributed by atoms with Crippen molar-refractivity contribution in [3.63, 3.8) is 0 Å². The van der Waals surface area contributed by atoms with Crippen LogP contribution in [-0.2, 0) is 4.79 Å². The molecule has 0 aliphatic carbocycles. The Kier molecular flexibility index (Phi) is 5.77. The van der Waals surface area contributed by atoms with Crippen molar-refractivity contribution in [2.24, 2.45) is 5.10 Å². The van der Waals surface area contributed by atoms with E-state index < -0.39 is 0 Å². The van der Waals surface area contributed by atoms with Gasteiger partial charge in [0.25, 0.3) is 5.91 Å². The second-order valence-electron chi connectivity index (χ2n) is 5.29. The van der Waals surface area contributed by atoms with Gasteiger partial charge >= 0.3 is 0 Å². The molecule has 5 heteroatoms. The number of hydrogen-bond donors (Lipinski definition) is 1. The van der Waals surface area contributed by atoms with Crippen molar-refractivity contribution in [1.82, 2.24) is 5.43 Å². The summed E-state index contributed by atoms with van der Waals surface area (Å²) in [6.07, 6.45) is 1.53. The van der Waals surface area contributed by atoms with Gasteiger partial charge in [0.2, 0.25) is 0 Å². The zero-order valence-electron chi connectivity index (χ0n) is 13.4. The summed E-state index contributed by atoms with van der Waals surface area (Å²) in [5.41, 5.74) is 6.42. The van der Waals surface area contributed by atoms with Crippen LogP contribution < -0.4 is 10.2 Å². The van der Waals surface area contributed by atoms with Gasteiger partial charge in [-0.1, -0.05) is 35.9 Å². The van der Waals surface area contributed by atoms with Crippen LogP contribution in [-0.4, -0.2) is 18.7 Å². The van der Waals surface area contributed by atoms with Gasteiger partial charge in [0.1, 0.15) is 5.75 Å². The van der Waals surface area contributed by atoms with E-state index in [1.807, 2.05) is 45.0 Å². The van der Waals surface area contributed by atoms with E-state index in [0.717, 1.165) is 28.0 Å². The summed E-state index contributed by atoms with van der Waals surface area (Å²) in [5, 5.41) is 4.51. The molecule has 0 spiro atoms. The lowest BCUT2D eigenvalue weighted by molar-refractivity contribution is -0.123. The molecule has 2 rings (SSSR count). The molecule has 0 atom stereocenters. The molecule has 0 radical (unpaired) electrons. The van der Waals surface area contributed by atoms with E-state index in [9.17, 15) is 4.79 Å². The SMILES string of the molecule is Cc1ccc(C)c(OCC(=O)N/N=C\c2cccc(Cl)c2)c1C. The Morgan fingerprint density at radius 3 is 2.70 bits per heavy atom. The number of amides is 1. The molecule has 2 aromatic rings. The fourth-order valence-corrected chi connectivity index (χ4v) is 2.28. The number of carbonyl (C=O) groups excluding carboxylic acids is 1. The lowest BCUT2D eigenvalue weighted by Crippen LogP contribution is -2.25. The van der Waals surface area contributed by atoms with Gasteiger partial charge in [0.15, 0.2) is 6.61 Å². The summed E-state index contributed by atoms with van der Waals surface area (Å²) in [6.45, 7) is 5.86. The molecule has 0 aromatic heterocycles. The van der Waals surface area contributed by atoms with Gasteiger partial charge in [0.05, 0.1) is 6.21 Å². The van der Waals surface area contributed by atoms with Gasteiger partial charge in [-0.3, -0.25) is 4.79 Å². The molecule has 2 aromatic carbocycles. The van der Waals surface area contributed by atoms with Crippen LogP contribution in [0.5, 0.6) is 5.75 Å². The van der Waals surface area contributed by atoms with E-state index in [1.165, 1.54) is 6.21 Å². The standard InChI is InChI=1S/C18H19ClN2O2/c1-12-7-8-13(2)18(14(12)3)23-11-17(22)21-20-10-15-5-4-6-16(19)9-15/h4-10H,11H2,1-3H3,(H,21,22)/b20-10-. The maximum Gasteiger partial charge on any atom is 0.277 e. The number of carbonyl (C=O) groups is 1. The van der Waals surface area contributed by atoms with Crippen LogP contribution in [0.25, 0.3) is 0 Å². The van der Waals surface area contributed by atoms with Crippen LogP contribution >= 0.6 is 11.6 Å². The number of hydrazone groups is 1. The summed E-state index contributed by atoms with van der Waals surface area (Å²) in [4.78, 5) is 11.8. The number of rotatable bonds is 5. The van der Waals surface area contributed by atoms with Crippen molar-refractivity contribution in [3.05, 3.63) is 63.7 Å². The summed E-state index contributed by atoms with van der Waals surface area (Å²) in [6, 6.07) is 11.2. The van der Waals surface area contributed by atoms with Crippen LogP contribution in [0.2, 0.25) is 5.02 Å². The topological polar surface area (TPSA) is 50.7 Å². The highest BCUT2D eigenvalue weighted by atomic mass is 35.5. The second-order valence-corrected chi connectivity index (χ2v) is 5.73. The molecule has 0 aliphatic rings. The van der Waals surface area contributed by atoms with Gasteiger partial charge in [0, 0.05) is 5.02 Å². The van der Waals surface area contributed by atoms with E-state index in [-0.39, 0.29) is 12.5 Å². The van der Waals surface area contributed by atoms with Crippen molar-refractivity contribution < 1.29 is 9.53 Å². The number of aryl methyl sites for hydroxylation is 2. The quantitative estimate of drug-likeness (QED) is 0.669. The van der Waals surface area contributed by atoms with Crippen LogP contribution in [0.15, 0.2) is 41.5 Å². The number of benzene rings is 2.